The fraction of sp³-hybridized carbons (Fsp3) is 0.429. The fourth-order valence-electron chi connectivity index (χ4n) is 3.65. The molecular weight excluding hydrogens is 404 g/mol. The molecule has 1 aromatic heterocycles. The van der Waals surface area contributed by atoms with Crippen LogP contribution in [0.1, 0.15) is 40.1 Å². The van der Waals surface area contributed by atoms with Crippen LogP contribution in [0.15, 0.2) is 36.8 Å². The number of fused-ring (bicyclic) bond motifs is 1. The molecule has 2 aliphatic rings. The molecule has 1 fully saturated rings. The summed E-state index contributed by atoms with van der Waals surface area (Å²) in [6.45, 7) is 0.365. The molecule has 3 atom stereocenters. The number of carbonyl (C=O) groups is 2. The molecule has 1 saturated heterocycles. The van der Waals surface area contributed by atoms with Crippen molar-refractivity contribution in [1.82, 2.24) is 20.6 Å². The average Bonchev–Trinajstić information content (AvgIpc) is 3.28. The van der Waals surface area contributed by atoms with Crippen LogP contribution in [0.4, 0.5) is 0 Å². The van der Waals surface area contributed by atoms with Gasteiger partial charge in [-0.15, -0.1) is 0 Å². The van der Waals surface area contributed by atoms with Gasteiger partial charge in [-0.3, -0.25) is 14.6 Å². The topological polar surface area (TPSA) is 132 Å². The Morgan fingerprint density at radius 3 is 2.81 bits per heavy atom. The number of aliphatic hydroxyl groups excluding tert-OH is 1. The van der Waals surface area contributed by atoms with Crippen LogP contribution in [-0.2, 0) is 4.74 Å². The largest absolute Gasteiger partial charge is 0.454 e. The van der Waals surface area contributed by atoms with E-state index in [0.717, 1.165) is 0 Å². The first-order valence-corrected chi connectivity index (χ1v) is 10.1. The second kappa shape index (κ2) is 9.71. The van der Waals surface area contributed by atoms with Crippen molar-refractivity contribution in [3.05, 3.63) is 48.0 Å². The number of hydrogen-bond acceptors (Lipinski definition) is 8. The van der Waals surface area contributed by atoms with Crippen molar-refractivity contribution in [2.24, 2.45) is 0 Å². The van der Waals surface area contributed by atoms with Crippen LogP contribution < -0.4 is 20.1 Å². The van der Waals surface area contributed by atoms with E-state index in [1.807, 2.05) is 0 Å². The molecule has 10 nitrogen and oxygen atoms in total. The molecule has 1 aromatic carbocycles. The highest BCUT2D eigenvalue weighted by Gasteiger charge is 2.32. The highest BCUT2D eigenvalue weighted by atomic mass is 16.7. The Labute approximate surface area is 178 Å². The molecular formula is C21H24N4O6. The monoisotopic (exact) mass is 428 g/mol. The third-order valence-corrected chi connectivity index (χ3v) is 5.29. The molecule has 164 valence electrons. The summed E-state index contributed by atoms with van der Waals surface area (Å²) in [4.78, 5) is 32.5. The normalized spacial score (nSPS) is 22.0. The van der Waals surface area contributed by atoms with E-state index in [0.29, 0.717) is 42.9 Å². The lowest BCUT2D eigenvalue weighted by Crippen LogP contribution is -2.51. The van der Waals surface area contributed by atoms with Crippen molar-refractivity contribution in [3.8, 4) is 11.5 Å². The Hall–Kier alpha value is -3.24. The number of aliphatic hydroxyl groups is 1. The summed E-state index contributed by atoms with van der Waals surface area (Å²) in [5.74, 6) is 0.628. The summed E-state index contributed by atoms with van der Waals surface area (Å²) >= 11 is 0. The number of aromatic nitrogens is 2. The van der Waals surface area contributed by atoms with Crippen molar-refractivity contribution in [1.29, 1.82) is 0 Å². The molecule has 10 heteroatoms. The highest BCUT2D eigenvalue weighted by molar-refractivity contribution is 5.95. The quantitative estimate of drug-likeness (QED) is 0.586. The van der Waals surface area contributed by atoms with Gasteiger partial charge in [-0.05, 0) is 37.5 Å². The van der Waals surface area contributed by atoms with Crippen molar-refractivity contribution in [3.63, 3.8) is 0 Å². The molecule has 0 radical (unpaired) electrons. The standard InChI is InChI=1S/C21H24N4O6/c26-11-19-15(25-21(28)16-10-22-7-8-23-16)3-2-14(31-19)5-6-24-20(27)13-1-4-17-18(9-13)30-12-29-17/h1,4,7-10,14-15,19,26H,2-3,5-6,11-12H2,(H,24,27)(H,25,28)/t14-,15+,19-/m1/s1. The predicted molar refractivity (Wildman–Crippen MR) is 108 cm³/mol. The van der Waals surface area contributed by atoms with Gasteiger partial charge in [0.1, 0.15) is 11.8 Å². The SMILES string of the molecule is O=C(NCC[C@H]1CC[C@H](NC(=O)c2cnccn2)[C@@H](CO)O1)c1ccc2c(c1)OCO2. The molecule has 3 N–H and O–H groups in total. The van der Waals surface area contributed by atoms with Crippen LogP contribution >= 0.6 is 0 Å². The van der Waals surface area contributed by atoms with Gasteiger partial charge in [0.2, 0.25) is 6.79 Å². The smallest absolute Gasteiger partial charge is 0.271 e. The highest BCUT2D eigenvalue weighted by Crippen LogP contribution is 2.32. The Bertz CT molecular complexity index is 925. The van der Waals surface area contributed by atoms with Gasteiger partial charge >= 0.3 is 0 Å². The number of nitrogens with one attached hydrogen (secondary N) is 2. The number of hydrogen-bond donors (Lipinski definition) is 3. The lowest BCUT2D eigenvalue weighted by atomic mass is 9.97. The van der Waals surface area contributed by atoms with E-state index in [2.05, 4.69) is 20.6 Å². The first-order valence-electron chi connectivity index (χ1n) is 10.1. The lowest BCUT2D eigenvalue weighted by Gasteiger charge is -2.36. The Balaban J connectivity index is 1.23. The number of rotatable bonds is 7. The van der Waals surface area contributed by atoms with Gasteiger partial charge in [0.05, 0.1) is 24.9 Å². The fourth-order valence-corrected chi connectivity index (χ4v) is 3.65. The Kier molecular flexibility index (Phi) is 6.58. The minimum Gasteiger partial charge on any atom is -0.454 e. The van der Waals surface area contributed by atoms with Crippen molar-refractivity contribution in [2.45, 2.75) is 37.5 Å². The number of benzene rings is 1. The summed E-state index contributed by atoms with van der Waals surface area (Å²) in [6, 6.07) is 4.73. The number of ether oxygens (including phenoxy) is 3. The second-order valence-corrected chi connectivity index (χ2v) is 7.34. The third-order valence-electron chi connectivity index (χ3n) is 5.29. The van der Waals surface area contributed by atoms with Crippen molar-refractivity contribution in [2.75, 3.05) is 19.9 Å². The van der Waals surface area contributed by atoms with Gasteiger partial charge in [-0.25, -0.2) is 4.98 Å². The van der Waals surface area contributed by atoms with Crippen LogP contribution in [0.5, 0.6) is 11.5 Å². The van der Waals surface area contributed by atoms with Gasteiger partial charge < -0.3 is 30.0 Å². The van der Waals surface area contributed by atoms with Crippen molar-refractivity contribution >= 4 is 11.8 Å². The summed E-state index contributed by atoms with van der Waals surface area (Å²) < 4.78 is 16.5. The summed E-state index contributed by atoms with van der Waals surface area (Å²) in [6.07, 6.45) is 5.62. The molecule has 0 aliphatic carbocycles. The summed E-state index contributed by atoms with van der Waals surface area (Å²) in [7, 11) is 0. The van der Waals surface area contributed by atoms with Gasteiger partial charge in [0.15, 0.2) is 11.5 Å². The molecule has 0 spiro atoms. The zero-order valence-electron chi connectivity index (χ0n) is 16.8. The maximum atomic E-state index is 12.4. The van der Waals surface area contributed by atoms with Gasteiger partial charge in [0, 0.05) is 24.5 Å². The average molecular weight is 428 g/mol. The van der Waals surface area contributed by atoms with Gasteiger partial charge in [0.25, 0.3) is 11.8 Å². The summed E-state index contributed by atoms with van der Waals surface area (Å²) in [5.41, 5.74) is 0.710. The van der Waals surface area contributed by atoms with Gasteiger partial charge in [-0.2, -0.15) is 0 Å². The van der Waals surface area contributed by atoms with E-state index in [9.17, 15) is 14.7 Å². The Morgan fingerprint density at radius 1 is 1.13 bits per heavy atom. The van der Waals surface area contributed by atoms with Crippen LogP contribution in [-0.4, -0.2) is 65.1 Å². The molecule has 0 bridgehead atoms. The first-order chi connectivity index (χ1) is 15.1. The Morgan fingerprint density at radius 2 is 2.00 bits per heavy atom. The zero-order valence-corrected chi connectivity index (χ0v) is 16.8. The molecule has 31 heavy (non-hydrogen) atoms. The minimum atomic E-state index is -0.524. The lowest BCUT2D eigenvalue weighted by molar-refractivity contribution is -0.0893. The van der Waals surface area contributed by atoms with E-state index < -0.39 is 6.10 Å². The van der Waals surface area contributed by atoms with E-state index in [1.54, 1.807) is 18.2 Å². The van der Waals surface area contributed by atoms with Gasteiger partial charge in [-0.1, -0.05) is 0 Å². The van der Waals surface area contributed by atoms with Crippen LogP contribution in [0.25, 0.3) is 0 Å². The van der Waals surface area contributed by atoms with Crippen LogP contribution in [0, 0.1) is 0 Å². The molecule has 4 rings (SSSR count). The molecule has 2 aromatic rings. The predicted octanol–water partition coefficient (Wildman–Crippen LogP) is 0.664. The van der Waals surface area contributed by atoms with E-state index in [4.69, 9.17) is 14.2 Å². The molecule has 0 saturated carbocycles. The maximum Gasteiger partial charge on any atom is 0.271 e. The van der Waals surface area contributed by atoms with E-state index in [-0.39, 0.29) is 43.1 Å². The maximum absolute atomic E-state index is 12.4. The first kappa shape index (κ1) is 21.0. The van der Waals surface area contributed by atoms with E-state index >= 15 is 0 Å². The van der Waals surface area contributed by atoms with Crippen LogP contribution in [0.2, 0.25) is 0 Å². The number of nitrogens with zero attached hydrogens (tertiary/aromatic N) is 2. The minimum absolute atomic E-state index is 0.126. The molecule has 3 heterocycles. The van der Waals surface area contributed by atoms with Crippen LogP contribution in [0.3, 0.4) is 0 Å². The van der Waals surface area contributed by atoms with Crippen molar-refractivity contribution < 1.29 is 28.9 Å². The number of amides is 2. The summed E-state index contributed by atoms with van der Waals surface area (Å²) in [5, 5.41) is 15.4. The second-order valence-electron chi connectivity index (χ2n) is 7.34. The molecule has 0 unspecified atom stereocenters. The van der Waals surface area contributed by atoms with E-state index in [1.165, 1.54) is 18.6 Å². The zero-order chi connectivity index (χ0) is 21.6. The number of carbonyl (C=O) groups excluding carboxylic acids is 2. The third kappa shape index (κ3) is 5.09. The molecule has 2 aliphatic heterocycles. The molecule has 2 amide bonds.